The molecule has 10 nitrogen and oxygen atoms in total. The zero-order chi connectivity index (χ0) is 19.7. The summed E-state index contributed by atoms with van der Waals surface area (Å²) in [7, 11) is 0. The first-order valence-electron chi connectivity index (χ1n) is 9.08. The summed E-state index contributed by atoms with van der Waals surface area (Å²) in [5, 5.41) is 0. The normalized spacial score (nSPS) is 19.6. The molecule has 0 unspecified atom stereocenters. The van der Waals surface area contributed by atoms with E-state index in [9.17, 15) is 9.59 Å². The lowest BCUT2D eigenvalue weighted by atomic mass is 9.96. The largest absolute Gasteiger partial charge is 0.368 e. The molecule has 0 atom stereocenters. The molecule has 4 N–H and O–H groups in total. The summed E-state index contributed by atoms with van der Waals surface area (Å²) in [6.45, 7) is 1.46. The molecule has 1 saturated heterocycles. The van der Waals surface area contributed by atoms with Crippen LogP contribution >= 0.6 is 0 Å². The Balaban J connectivity index is 1.46. The van der Waals surface area contributed by atoms with Crippen molar-refractivity contribution in [2.45, 2.75) is 31.6 Å². The van der Waals surface area contributed by atoms with Crippen molar-refractivity contribution in [2.75, 3.05) is 29.5 Å². The molecule has 0 radical (unpaired) electrons. The molecule has 0 amide bonds. The van der Waals surface area contributed by atoms with Gasteiger partial charge in [0.1, 0.15) is 11.6 Å². The Morgan fingerprint density at radius 3 is 2.36 bits per heavy atom. The van der Waals surface area contributed by atoms with Crippen molar-refractivity contribution in [1.29, 1.82) is 0 Å². The van der Waals surface area contributed by atoms with Crippen molar-refractivity contribution in [3.8, 4) is 0 Å². The summed E-state index contributed by atoms with van der Waals surface area (Å²) < 4.78 is 0. The molecule has 1 saturated carbocycles. The van der Waals surface area contributed by atoms with Gasteiger partial charge in [0, 0.05) is 37.2 Å². The predicted molar refractivity (Wildman–Crippen MR) is 102 cm³/mol. The minimum Gasteiger partial charge on any atom is -0.368 e. The van der Waals surface area contributed by atoms with E-state index < -0.39 is 0 Å². The van der Waals surface area contributed by atoms with Crippen molar-refractivity contribution in [3.05, 3.63) is 29.4 Å². The summed E-state index contributed by atoms with van der Waals surface area (Å²) >= 11 is 0. The predicted octanol–water partition coefficient (Wildman–Crippen LogP) is 0.525. The Morgan fingerprint density at radius 2 is 1.71 bits per heavy atom. The second-order valence-electron chi connectivity index (χ2n) is 6.94. The standard InChI is InChI=1S/C18H20N8O2/c19-16-23-15(24-17(20)25-16)10-2-5-26(6-3-10)18-21-4-1-12(22-18)7-11-8-13(27)9-14(11)28/h1,4,7,10H,2-3,5-6,8-9H2,(H4,19,20,23,24,25)/b11-7+. The van der Waals surface area contributed by atoms with Gasteiger partial charge in [-0.25, -0.2) is 9.97 Å². The zero-order valence-corrected chi connectivity index (χ0v) is 15.2. The van der Waals surface area contributed by atoms with E-state index in [4.69, 9.17) is 11.5 Å². The molecule has 144 valence electrons. The van der Waals surface area contributed by atoms with Gasteiger partial charge < -0.3 is 16.4 Å². The molecule has 3 heterocycles. The SMILES string of the molecule is Nc1nc(N)nc(C2CCN(c3nccc(/C=C4\CC(=O)CC4=O)n3)CC2)n1. The number of carbonyl (C=O) groups excluding carboxylic acids is 2. The summed E-state index contributed by atoms with van der Waals surface area (Å²) in [6, 6.07) is 1.73. The number of nitrogens with zero attached hydrogens (tertiary/aromatic N) is 6. The van der Waals surface area contributed by atoms with Gasteiger partial charge in [-0.15, -0.1) is 0 Å². The van der Waals surface area contributed by atoms with Crippen LogP contribution in [-0.4, -0.2) is 49.6 Å². The maximum atomic E-state index is 11.8. The van der Waals surface area contributed by atoms with E-state index in [1.165, 1.54) is 0 Å². The molecule has 0 spiro atoms. The van der Waals surface area contributed by atoms with Crippen molar-refractivity contribution >= 4 is 35.5 Å². The second kappa shape index (κ2) is 7.29. The number of aromatic nitrogens is 5. The number of ketones is 2. The molecule has 2 fully saturated rings. The van der Waals surface area contributed by atoms with Crippen LogP contribution in [0.3, 0.4) is 0 Å². The van der Waals surface area contributed by atoms with Crippen molar-refractivity contribution in [1.82, 2.24) is 24.9 Å². The lowest BCUT2D eigenvalue weighted by Crippen LogP contribution is -2.34. The molecule has 0 bridgehead atoms. The summed E-state index contributed by atoms with van der Waals surface area (Å²) in [5.41, 5.74) is 12.5. The fourth-order valence-electron chi connectivity index (χ4n) is 3.52. The van der Waals surface area contributed by atoms with Gasteiger partial charge in [0.25, 0.3) is 0 Å². The molecule has 1 aliphatic heterocycles. The third-order valence-corrected chi connectivity index (χ3v) is 4.92. The molecular weight excluding hydrogens is 360 g/mol. The molecule has 4 rings (SSSR count). The Labute approximate surface area is 161 Å². The van der Waals surface area contributed by atoms with Gasteiger partial charge in [-0.05, 0) is 25.0 Å². The minimum absolute atomic E-state index is 0.0105. The van der Waals surface area contributed by atoms with Gasteiger partial charge in [-0.2, -0.15) is 15.0 Å². The van der Waals surface area contributed by atoms with Crippen LogP contribution in [0.4, 0.5) is 17.8 Å². The maximum Gasteiger partial charge on any atom is 0.225 e. The Kier molecular flexibility index (Phi) is 4.68. The van der Waals surface area contributed by atoms with Crippen LogP contribution in [0.5, 0.6) is 0 Å². The van der Waals surface area contributed by atoms with Gasteiger partial charge in [-0.3, -0.25) is 9.59 Å². The van der Waals surface area contributed by atoms with Crippen molar-refractivity contribution in [3.63, 3.8) is 0 Å². The Hall–Kier alpha value is -3.43. The highest BCUT2D eigenvalue weighted by Gasteiger charge is 2.26. The fourth-order valence-corrected chi connectivity index (χ4v) is 3.52. The highest BCUT2D eigenvalue weighted by Crippen LogP contribution is 2.28. The lowest BCUT2D eigenvalue weighted by Gasteiger charge is -2.31. The number of hydrogen-bond donors (Lipinski definition) is 2. The maximum absolute atomic E-state index is 11.8. The van der Waals surface area contributed by atoms with E-state index in [2.05, 4.69) is 29.8 Å². The first-order chi connectivity index (χ1) is 13.5. The van der Waals surface area contributed by atoms with E-state index in [0.29, 0.717) is 23.0 Å². The third-order valence-electron chi connectivity index (χ3n) is 4.92. The van der Waals surface area contributed by atoms with Crippen LogP contribution in [-0.2, 0) is 9.59 Å². The van der Waals surface area contributed by atoms with Crippen LogP contribution < -0.4 is 16.4 Å². The second-order valence-corrected chi connectivity index (χ2v) is 6.94. The molecule has 28 heavy (non-hydrogen) atoms. The van der Waals surface area contributed by atoms with E-state index in [1.807, 2.05) is 0 Å². The van der Waals surface area contributed by atoms with Crippen LogP contribution in [0.2, 0.25) is 0 Å². The van der Waals surface area contributed by atoms with Gasteiger partial charge >= 0.3 is 0 Å². The van der Waals surface area contributed by atoms with E-state index in [1.54, 1.807) is 18.3 Å². The summed E-state index contributed by atoms with van der Waals surface area (Å²) in [4.78, 5) is 46.4. The number of anilines is 3. The number of rotatable bonds is 3. The number of nitrogens with two attached hydrogens (primary N) is 2. The van der Waals surface area contributed by atoms with Crippen LogP contribution in [0, 0.1) is 0 Å². The van der Waals surface area contributed by atoms with Gasteiger partial charge in [-0.1, -0.05) is 0 Å². The molecule has 2 aromatic heterocycles. The van der Waals surface area contributed by atoms with E-state index in [-0.39, 0.29) is 42.2 Å². The first-order valence-corrected chi connectivity index (χ1v) is 9.08. The van der Waals surface area contributed by atoms with Gasteiger partial charge in [0.05, 0.1) is 12.1 Å². The van der Waals surface area contributed by atoms with Crippen LogP contribution in [0.1, 0.15) is 43.1 Å². The number of nitrogen functional groups attached to an aromatic ring is 2. The van der Waals surface area contributed by atoms with Crippen molar-refractivity contribution < 1.29 is 9.59 Å². The minimum atomic E-state index is -0.123. The van der Waals surface area contributed by atoms with Gasteiger partial charge in [0.2, 0.25) is 17.8 Å². The van der Waals surface area contributed by atoms with Gasteiger partial charge in [0.15, 0.2) is 5.78 Å². The lowest BCUT2D eigenvalue weighted by molar-refractivity contribution is -0.121. The Morgan fingerprint density at radius 1 is 1.00 bits per heavy atom. The monoisotopic (exact) mass is 380 g/mol. The number of piperidine rings is 1. The molecule has 2 aromatic rings. The topological polar surface area (TPSA) is 154 Å². The Bertz CT molecular complexity index is 946. The molecule has 10 heteroatoms. The molecule has 2 aliphatic rings. The zero-order valence-electron chi connectivity index (χ0n) is 15.2. The number of Topliss-reactive ketones (excluding diaryl/α,β-unsaturated/α-hetero) is 2. The highest BCUT2D eigenvalue weighted by atomic mass is 16.2. The fraction of sp³-hybridized carbons (Fsp3) is 0.389. The molecular formula is C18H20N8O2. The summed E-state index contributed by atoms with van der Waals surface area (Å²) in [6.07, 6.45) is 5.14. The average molecular weight is 380 g/mol. The van der Waals surface area contributed by atoms with Crippen LogP contribution in [0.15, 0.2) is 17.8 Å². The average Bonchev–Trinajstić information content (AvgIpc) is 2.98. The summed E-state index contributed by atoms with van der Waals surface area (Å²) in [5.74, 6) is 1.46. The highest BCUT2D eigenvalue weighted by molar-refractivity contribution is 6.18. The van der Waals surface area contributed by atoms with E-state index >= 15 is 0 Å². The molecule has 0 aromatic carbocycles. The van der Waals surface area contributed by atoms with Crippen molar-refractivity contribution in [2.24, 2.45) is 0 Å². The quantitative estimate of drug-likeness (QED) is 0.569. The number of allylic oxidation sites excluding steroid dienone is 1. The number of carbonyl (C=O) groups is 2. The number of hydrogen-bond acceptors (Lipinski definition) is 10. The third kappa shape index (κ3) is 3.80. The molecule has 1 aliphatic carbocycles. The first kappa shape index (κ1) is 18.0. The van der Waals surface area contributed by atoms with Crippen LogP contribution in [0.25, 0.3) is 6.08 Å². The smallest absolute Gasteiger partial charge is 0.225 e. The van der Waals surface area contributed by atoms with E-state index in [0.717, 1.165) is 25.9 Å².